The van der Waals surface area contributed by atoms with E-state index in [9.17, 15) is 4.79 Å². The van der Waals surface area contributed by atoms with Gasteiger partial charge in [0.2, 0.25) is 0 Å². The highest BCUT2D eigenvalue weighted by Crippen LogP contribution is 2.27. The van der Waals surface area contributed by atoms with Crippen molar-refractivity contribution >= 4 is 22.5 Å². The van der Waals surface area contributed by atoms with Crippen molar-refractivity contribution < 1.29 is 4.79 Å². The van der Waals surface area contributed by atoms with Crippen molar-refractivity contribution in [3.05, 3.63) is 48.0 Å². The topological polar surface area (TPSA) is 92.1 Å². The summed E-state index contributed by atoms with van der Waals surface area (Å²) in [7, 11) is 1.86. The van der Waals surface area contributed by atoms with Gasteiger partial charge in [-0.05, 0) is 31.0 Å². The molecule has 150 valence electrons. The number of amides is 1. The summed E-state index contributed by atoms with van der Waals surface area (Å²) in [5.74, 6) is -0.0155. The number of likely N-dealkylation sites (tertiary alicyclic amines) is 1. The van der Waals surface area contributed by atoms with Crippen molar-refractivity contribution in [2.24, 2.45) is 7.05 Å². The van der Waals surface area contributed by atoms with E-state index >= 15 is 0 Å². The third-order valence-corrected chi connectivity index (χ3v) is 5.67. The number of rotatable bonds is 2. The van der Waals surface area contributed by atoms with E-state index < -0.39 is 0 Å². The molecule has 5 heterocycles. The van der Waals surface area contributed by atoms with E-state index in [1.807, 2.05) is 34.7 Å². The largest absolute Gasteiger partial charge is 0.337 e. The van der Waals surface area contributed by atoms with Gasteiger partial charge in [-0.3, -0.25) is 14.5 Å². The fraction of sp³-hybridized carbons (Fsp3) is 0.318. The molecule has 4 aromatic heterocycles. The van der Waals surface area contributed by atoms with Crippen molar-refractivity contribution in [2.45, 2.75) is 25.7 Å². The molecule has 1 saturated heterocycles. The van der Waals surface area contributed by atoms with Gasteiger partial charge in [0.25, 0.3) is 5.91 Å². The fourth-order valence-electron chi connectivity index (χ4n) is 4.07. The molecule has 8 heteroatoms. The summed E-state index contributed by atoms with van der Waals surface area (Å²) in [6, 6.07) is 7.51. The van der Waals surface area contributed by atoms with E-state index in [0.717, 1.165) is 42.5 Å². The quantitative estimate of drug-likeness (QED) is 0.516. The second-order valence-electron chi connectivity index (χ2n) is 7.69. The van der Waals surface area contributed by atoms with Gasteiger partial charge < -0.3 is 9.30 Å². The van der Waals surface area contributed by atoms with E-state index in [1.54, 1.807) is 23.1 Å². The van der Waals surface area contributed by atoms with Crippen molar-refractivity contribution in [3.8, 4) is 17.5 Å². The zero-order chi connectivity index (χ0) is 20.7. The minimum Gasteiger partial charge on any atom is -0.337 e. The monoisotopic (exact) mass is 399 g/mol. The van der Waals surface area contributed by atoms with Crippen LogP contribution in [0.5, 0.6) is 0 Å². The maximum Gasteiger partial charge on any atom is 0.272 e. The van der Waals surface area contributed by atoms with Crippen molar-refractivity contribution in [1.82, 2.24) is 29.0 Å². The first-order valence-corrected chi connectivity index (χ1v) is 10.2. The lowest BCUT2D eigenvalue weighted by molar-refractivity contribution is 0.0756. The molecule has 1 aliphatic heterocycles. The summed E-state index contributed by atoms with van der Waals surface area (Å²) in [5.41, 5.74) is 4.00. The lowest BCUT2D eigenvalue weighted by Gasteiger charge is -2.19. The molecule has 0 N–H and O–H groups in total. The number of aryl methyl sites for hydroxylation is 1. The van der Waals surface area contributed by atoms with Crippen LogP contribution in [0, 0.1) is 11.3 Å². The van der Waals surface area contributed by atoms with Crippen molar-refractivity contribution in [1.29, 1.82) is 5.26 Å². The number of pyridine rings is 2. The van der Waals surface area contributed by atoms with E-state index in [0.29, 0.717) is 22.6 Å². The van der Waals surface area contributed by atoms with Crippen molar-refractivity contribution in [2.75, 3.05) is 13.1 Å². The molecule has 30 heavy (non-hydrogen) atoms. The van der Waals surface area contributed by atoms with Gasteiger partial charge in [0.15, 0.2) is 0 Å². The zero-order valence-corrected chi connectivity index (χ0v) is 16.7. The molecule has 0 atom stereocenters. The predicted octanol–water partition coefficient (Wildman–Crippen LogP) is 3.17. The molecule has 8 nitrogen and oxygen atoms in total. The molecule has 1 aliphatic rings. The Morgan fingerprint density at radius 1 is 1.13 bits per heavy atom. The molecule has 1 fully saturated rings. The first-order chi connectivity index (χ1) is 14.6. The summed E-state index contributed by atoms with van der Waals surface area (Å²) < 4.78 is 3.58. The zero-order valence-electron chi connectivity index (χ0n) is 16.7. The maximum absolute atomic E-state index is 13.0. The molecule has 0 radical (unpaired) electrons. The third kappa shape index (κ3) is 3.08. The van der Waals surface area contributed by atoms with Crippen LogP contribution in [0.15, 0.2) is 36.8 Å². The number of carbonyl (C=O) groups excluding carboxylic acids is 1. The van der Waals surface area contributed by atoms with Crippen LogP contribution in [0.4, 0.5) is 0 Å². The molecule has 1 amide bonds. The van der Waals surface area contributed by atoms with Gasteiger partial charge in [-0.15, -0.1) is 0 Å². The first kappa shape index (κ1) is 18.3. The molecule has 4 aromatic rings. The molecule has 0 unspecified atom stereocenters. The summed E-state index contributed by atoms with van der Waals surface area (Å²) in [6.45, 7) is 1.59. The molecule has 0 spiro atoms. The molecule has 5 rings (SSSR count). The lowest BCUT2D eigenvalue weighted by Crippen LogP contribution is -2.32. The molecule has 0 aliphatic carbocycles. The Hall–Kier alpha value is -3.73. The summed E-state index contributed by atoms with van der Waals surface area (Å²) >= 11 is 0. The number of nitrogens with zero attached hydrogens (tertiary/aromatic N) is 7. The number of nitriles is 1. The van der Waals surface area contributed by atoms with E-state index in [-0.39, 0.29) is 5.91 Å². The van der Waals surface area contributed by atoms with Gasteiger partial charge in [-0.1, -0.05) is 12.8 Å². The van der Waals surface area contributed by atoms with Gasteiger partial charge in [0.05, 0.1) is 11.1 Å². The van der Waals surface area contributed by atoms with E-state index in [4.69, 9.17) is 5.26 Å². The van der Waals surface area contributed by atoms with Crippen LogP contribution < -0.4 is 0 Å². The Labute approximate surface area is 173 Å². The second-order valence-corrected chi connectivity index (χ2v) is 7.69. The fourth-order valence-corrected chi connectivity index (χ4v) is 4.07. The minimum atomic E-state index is -0.0155. The predicted molar refractivity (Wildman–Crippen MR) is 112 cm³/mol. The van der Waals surface area contributed by atoms with Gasteiger partial charge >= 0.3 is 0 Å². The SMILES string of the molecule is Cn1nc(-c2cn3cc(C#N)ccc3n2)c2cnc(C(=O)N3CCCCCC3)cc21. The normalized spacial score (nSPS) is 14.7. The van der Waals surface area contributed by atoms with Crippen LogP contribution in [0.3, 0.4) is 0 Å². The second kappa shape index (κ2) is 7.26. The molecular formula is C22H21N7O. The van der Waals surface area contributed by atoms with Crippen LogP contribution in [0.1, 0.15) is 41.7 Å². The lowest BCUT2D eigenvalue weighted by atomic mass is 10.2. The number of aromatic nitrogens is 5. The first-order valence-electron chi connectivity index (χ1n) is 10.2. The maximum atomic E-state index is 13.0. The summed E-state index contributed by atoms with van der Waals surface area (Å²) in [5, 5.41) is 14.6. The highest BCUT2D eigenvalue weighted by Gasteiger charge is 2.21. The molecule has 0 saturated carbocycles. The molecule has 0 bridgehead atoms. The highest BCUT2D eigenvalue weighted by molar-refractivity contribution is 5.98. The van der Waals surface area contributed by atoms with Crippen LogP contribution >= 0.6 is 0 Å². The standard InChI is InChI=1S/C22H21N7O/c1-27-19-10-17(22(30)28-8-4-2-3-5-9-28)24-12-16(19)21(26-27)18-14-29-13-15(11-23)6-7-20(29)25-18/h6-7,10,12-14H,2-5,8-9H2,1H3. The smallest absolute Gasteiger partial charge is 0.272 e. The third-order valence-electron chi connectivity index (χ3n) is 5.67. The van der Waals surface area contributed by atoms with Crippen LogP contribution in [-0.2, 0) is 7.05 Å². The average molecular weight is 399 g/mol. The number of imidazole rings is 1. The van der Waals surface area contributed by atoms with Crippen molar-refractivity contribution in [3.63, 3.8) is 0 Å². The van der Waals surface area contributed by atoms with Gasteiger partial charge in [0.1, 0.15) is 28.8 Å². The Balaban J connectivity index is 1.54. The Morgan fingerprint density at radius 2 is 1.93 bits per heavy atom. The Bertz CT molecular complexity index is 1300. The van der Waals surface area contributed by atoms with Gasteiger partial charge in [-0.2, -0.15) is 10.4 Å². The summed E-state index contributed by atoms with van der Waals surface area (Å²) in [4.78, 5) is 24.0. The van der Waals surface area contributed by atoms with Crippen LogP contribution in [-0.4, -0.2) is 48.0 Å². The van der Waals surface area contributed by atoms with E-state index in [1.165, 1.54) is 12.8 Å². The van der Waals surface area contributed by atoms with Gasteiger partial charge in [-0.25, -0.2) is 4.98 Å². The van der Waals surface area contributed by atoms with Crippen LogP contribution in [0.25, 0.3) is 27.9 Å². The average Bonchev–Trinajstić information content (AvgIpc) is 3.21. The number of carbonyl (C=O) groups is 1. The number of hydrogen-bond donors (Lipinski definition) is 0. The van der Waals surface area contributed by atoms with Gasteiger partial charge in [0, 0.05) is 44.1 Å². The highest BCUT2D eigenvalue weighted by atomic mass is 16.2. The minimum absolute atomic E-state index is 0.0155. The number of hydrogen-bond acceptors (Lipinski definition) is 5. The Morgan fingerprint density at radius 3 is 2.70 bits per heavy atom. The Kier molecular flexibility index (Phi) is 4.43. The van der Waals surface area contributed by atoms with Crippen LogP contribution in [0.2, 0.25) is 0 Å². The number of fused-ring (bicyclic) bond motifs is 2. The molecule has 0 aromatic carbocycles. The molecular weight excluding hydrogens is 378 g/mol. The van der Waals surface area contributed by atoms with E-state index in [2.05, 4.69) is 21.1 Å². The summed E-state index contributed by atoms with van der Waals surface area (Å²) in [6.07, 6.45) is 9.76.